The van der Waals surface area contributed by atoms with Crippen LogP contribution in [0.2, 0.25) is 0 Å². The molecule has 1 aromatic heterocycles. The van der Waals surface area contributed by atoms with Crippen LogP contribution in [0, 0.1) is 5.41 Å². The second kappa shape index (κ2) is 4.20. The van der Waals surface area contributed by atoms with E-state index in [0.717, 1.165) is 16.7 Å². The number of nitrogens with zero attached hydrogens (tertiary/aromatic N) is 1. The van der Waals surface area contributed by atoms with Crippen molar-refractivity contribution in [2.45, 2.75) is 20.3 Å². The summed E-state index contributed by atoms with van der Waals surface area (Å²) in [6.45, 7) is 3.73. The first-order valence-corrected chi connectivity index (χ1v) is 5.43. The van der Waals surface area contributed by atoms with Gasteiger partial charge in [-0.15, -0.1) is 0 Å². The number of rotatable bonds is 3. The van der Waals surface area contributed by atoms with Crippen LogP contribution < -0.4 is 0 Å². The van der Waals surface area contributed by atoms with Gasteiger partial charge in [0.1, 0.15) is 5.52 Å². The van der Waals surface area contributed by atoms with Gasteiger partial charge in [-0.2, -0.15) is 0 Å². The van der Waals surface area contributed by atoms with Crippen molar-refractivity contribution in [2.75, 3.05) is 7.11 Å². The lowest BCUT2D eigenvalue weighted by Gasteiger charge is -2.21. The van der Waals surface area contributed by atoms with Crippen molar-refractivity contribution < 1.29 is 13.9 Å². The van der Waals surface area contributed by atoms with E-state index < -0.39 is 5.41 Å². The number of ether oxygens (including phenoxy) is 1. The lowest BCUT2D eigenvalue weighted by Crippen LogP contribution is -2.27. The molecule has 0 aliphatic heterocycles. The molecule has 17 heavy (non-hydrogen) atoms. The fraction of sp³-hybridized carbons (Fsp3) is 0.385. The molecular formula is C13H15NO3. The van der Waals surface area contributed by atoms with Gasteiger partial charge in [-0.3, -0.25) is 4.79 Å². The molecule has 0 atom stereocenters. The van der Waals surface area contributed by atoms with Gasteiger partial charge in [-0.1, -0.05) is 6.07 Å². The summed E-state index contributed by atoms with van der Waals surface area (Å²) < 4.78 is 10.0. The molecule has 0 unspecified atom stereocenters. The Hall–Kier alpha value is -1.84. The van der Waals surface area contributed by atoms with Crippen LogP contribution in [-0.4, -0.2) is 18.1 Å². The zero-order valence-electron chi connectivity index (χ0n) is 10.2. The number of aromatic nitrogens is 1. The summed E-state index contributed by atoms with van der Waals surface area (Å²) in [5.74, 6) is -0.213. The van der Waals surface area contributed by atoms with Gasteiger partial charge in [0.05, 0.1) is 12.5 Å². The van der Waals surface area contributed by atoms with Crippen LogP contribution in [0.25, 0.3) is 11.1 Å². The van der Waals surface area contributed by atoms with Crippen molar-refractivity contribution in [3.63, 3.8) is 0 Å². The number of oxazole rings is 1. The van der Waals surface area contributed by atoms with E-state index in [4.69, 9.17) is 9.15 Å². The third kappa shape index (κ3) is 2.30. The zero-order valence-corrected chi connectivity index (χ0v) is 10.2. The maximum atomic E-state index is 11.6. The normalized spacial score (nSPS) is 11.7. The number of hydrogen-bond donors (Lipinski definition) is 0. The number of benzene rings is 1. The predicted molar refractivity (Wildman–Crippen MR) is 63.5 cm³/mol. The summed E-state index contributed by atoms with van der Waals surface area (Å²) in [6, 6.07) is 5.75. The van der Waals surface area contributed by atoms with Gasteiger partial charge < -0.3 is 9.15 Å². The third-order valence-corrected chi connectivity index (χ3v) is 2.78. The Labute approximate surface area is 99.6 Å². The molecule has 0 fully saturated rings. The molecule has 0 amide bonds. The van der Waals surface area contributed by atoms with Crippen LogP contribution in [0.1, 0.15) is 19.4 Å². The fourth-order valence-corrected chi connectivity index (χ4v) is 1.87. The van der Waals surface area contributed by atoms with Gasteiger partial charge in [0, 0.05) is 0 Å². The molecule has 0 saturated carbocycles. The molecule has 1 aromatic carbocycles. The number of fused-ring (bicyclic) bond motifs is 1. The molecule has 2 aromatic rings. The van der Waals surface area contributed by atoms with Crippen LogP contribution in [0.3, 0.4) is 0 Å². The van der Waals surface area contributed by atoms with Crippen LogP contribution in [0.4, 0.5) is 0 Å². The molecule has 1 heterocycles. The van der Waals surface area contributed by atoms with Crippen molar-refractivity contribution in [3.05, 3.63) is 30.2 Å². The summed E-state index contributed by atoms with van der Waals surface area (Å²) in [6.07, 6.45) is 2.02. The largest absolute Gasteiger partial charge is 0.469 e. The van der Waals surface area contributed by atoms with E-state index in [2.05, 4.69) is 4.98 Å². The summed E-state index contributed by atoms with van der Waals surface area (Å²) >= 11 is 0. The molecule has 0 N–H and O–H groups in total. The van der Waals surface area contributed by atoms with Gasteiger partial charge >= 0.3 is 5.97 Å². The van der Waals surface area contributed by atoms with E-state index in [9.17, 15) is 4.79 Å². The average molecular weight is 233 g/mol. The molecule has 0 aliphatic rings. The molecule has 4 nitrogen and oxygen atoms in total. The highest BCUT2D eigenvalue weighted by molar-refractivity contribution is 5.77. The SMILES string of the molecule is COC(=O)C(C)(C)Cc1ccc2ncoc2c1. The number of esters is 1. The summed E-state index contributed by atoms with van der Waals surface area (Å²) in [5, 5.41) is 0. The van der Waals surface area contributed by atoms with E-state index >= 15 is 0 Å². The Balaban J connectivity index is 2.25. The Morgan fingerprint density at radius 1 is 1.47 bits per heavy atom. The van der Waals surface area contributed by atoms with Gasteiger partial charge in [-0.25, -0.2) is 4.98 Å². The van der Waals surface area contributed by atoms with Crippen molar-refractivity contribution in [2.24, 2.45) is 5.41 Å². The van der Waals surface area contributed by atoms with E-state index in [0.29, 0.717) is 6.42 Å². The zero-order chi connectivity index (χ0) is 12.5. The maximum Gasteiger partial charge on any atom is 0.311 e. The van der Waals surface area contributed by atoms with Crippen LogP contribution >= 0.6 is 0 Å². The first-order valence-electron chi connectivity index (χ1n) is 5.43. The minimum atomic E-state index is -0.539. The maximum absolute atomic E-state index is 11.6. The van der Waals surface area contributed by atoms with Gasteiger partial charge in [-0.05, 0) is 38.0 Å². The molecule has 0 spiro atoms. The minimum absolute atomic E-state index is 0.213. The minimum Gasteiger partial charge on any atom is -0.469 e. The Morgan fingerprint density at radius 3 is 2.94 bits per heavy atom. The van der Waals surface area contributed by atoms with Crippen LogP contribution in [0.5, 0.6) is 0 Å². The number of carbonyl (C=O) groups excluding carboxylic acids is 1. The highest BCUT2D eigenvalue weighted by Crippen LogP contribution is 2.25. The van der Waals surface area contributed by atoms with Gasteiger partial charge in [0.15, 0.2) is 12.0 Å². The topological polar surface area (TPSA) is 52.3 Å². The van der Waals surface area contributed by atoms with Crippen LogP contribution in [-0.2, 0) is 16.0 Å². The number of methoxy groups -OCH3 is 1. The smallest absolute Gasteiger partial charge is 0.311 e. The third-order valence-electron chi connectivity index (χ3n) is 2.78. The fourth-order valence-electron chi connectivity index (χ4n) is 1.87. The monoisotopic (exact) mass is 233 g/mol. The number of carbonyl (C=O) groups is 1. The lowest BCUT2D eigenvalue weighted by atomic mass is 9.86. The number of hydrogen-bond acceptors (Lipinski definition) is 4. The van der Waals surface area contributed by atoms with E-state index in [-0.39, 0.29) is 5.97 Å². The molecule has 0 bridgehead atoms. The second-order valence-corrected chi connectivity index (χ2v) is 4.71. The summed E-state index contributed by atoms with van der Waals surface area (Å²) in [7, 11) is 1.41. The van der Waals surface area contributed by atoms with E-state index in [1.54, 1.807) is 0 Å². The first kappa shape index (κ1) is 11.6. The molecule has 4 heteroatoms. The van der Waals surface area contributed by atoms with Gasteiger partial charge in [0.2, 0.25) is 0 Å². The molecule has 0 saturated heterocycles. The lowest BCUT2D eigenvalue weighted by molar-refractivity contribution is -0.150. The van der Waals surface area contributed by atoms with Gasteiger partial charge in [0.25, 0.3) is 0 Å². The van der Waals surface area contributed by atoms with E-state index in [1.807, 2.05) is 32.0 Å². The summed E-state index contributed by atoms with van der Waals surface area (Å²) in [5.41, 5.74) is 2.06. The van der Waals surface area contributed by atoms with E-state index in [1.165, 1.54) is 13.5 Å². The van der Waals surface area contributed by atoms with Crippen LogP contribution in [0.15, 0.2) is 29.0 Å². The standard InChI is InChI=1S/C13H15NO3/c1-13(2,12(15)16-3)7-9-4-5-10-11(6-9)17-8-14-10/h4-6,8H,7H2,1-3H3. The Kier molecular flexibility index (Phi) is 2.88. The first-order chi connectivity index (χ1) is 8.03. The van der Waals surface area contributed by atoms with Crippen molar-refractivity contribution >= 4 is 17.1 Å². The second-order valence-electron chi connectivity index (χ2n) is 4.71. The highest BCUT2D eigenvalue weighted by atomic mass is 16.5. The average Bonchev–Trinajstić information content (AvgIpc) is 2.74. The summed E-state index contributed by atoms with van der Waals surface area (Å²) in [4.78, 5) is 15.6. The molecule has 0 radical (unpaired) electrons. The predicted octanol–water partition coefficient (Wildman–Crippen LogP) is 2.57. The Bertz CT molecular complexity index is 542. The molecular weight excluding hydrogens is 218 g/mol. The molecule has 2 rings (SSSR count). The molecule has 0 aliphatic carbocycles. The van der Waals surface area contributed by atoms with Crippen molar-refractivity contribution in [1.29, 1.82) is 0 Å². The molecule has 90 valence electrons. The quantitative estimate of drug-likeness (QED) is 0.764. The van der Waals surface area contributed by atoms with Crippen molar-refractivity contribution in [3.8, 4) is 0 Å². The highest BCUT2D eigenvalue weighted by Gasteiger charge is 2.29. The van der Waals surface area contributed by atoms with Crippen molar-refractivity contribution in [1.82, 2.24) is 4.98 Å². The Morgan fingerprint density at radius 2 is 2.24 bits per heavy atom.